The van der Waals surface area contributed by atoms with Crippen LogP contribution >= 0.6 is 0 Å². The van der Waals surface area contributed by atoms with E-state index in [2.05, 4.69) is 4.98 Å². The highest BCUT2D eigenvalue weighted by Crippen LogP contribution is 1.90. The number of hydrogen-bond donors (Lipinski definition) is 1. The van der Waals surface area contributed by atoms with Crippen LogP contribution in [0.1, 0.15) is 0 Å². The van der Waals surface area contributed by atoms with E-state index in [0.717, 1.165) is 0 Å². The van der Waals surface area contributed by atoms with Crippen molar-refractivity contribution in [1.29, 1.82) is 0 Å². The summed E-state index contributed by atoms with van der Waals surface area (Å²) in [5, 5.41) is 0. The van der Waals surface area contributed by atoms with Gasteiger partial charge in [-0.05, 0) is 0 Å². The molecule has 3 nitrogen and oxygen atoms in total. The molecule has 1 aromatic carbocycles. The van der Waals surface area contributed by atoms with Crippen LogP contribution in [0.2, 0.25) is 0 Å². The molecule has 3 heteroatoms. The lowest BCUT2D eigenvalue weighted by atomic mass is 10.4. The molecule has 0 aliphatic heterocycles. The Labute approximate surface area is 77.8 Å². The molecule has 0 aliphatic rings. The molecule has 0 saturated carbocycles. The summed E-state index contributed by atoms with van der Waals surface area (Å²) in [5.41, 5.74) is 5.29. The van der Waals surface area contributed by atoms with E-state index in [1.807, 2.05) is 43.4 Å². The molecule has 0 unspecified atom stereocenters. The SMILES string of the molecule is Cn1ccnc1N.c1ccccc1. The highest BCUT2D eigenvalue weighted by Gasteiger charge is 1.84. The lowest BCUT2D eigenvalue weighted by Crippen LogP contribution is -1.94. The van der Waals surface area contributed by atoms with E-state index in [1.54, 1.807) is 17.0 Å². The molecule has 1 aromatic heterocycles. The van der Waals surface area contributed by atoms with Crippen molar-refractivity contribution >= 4 is 5.95 Å². The fraction of sp³-hybridized carbons (Fsp3) is 0.100. The quantitative estimate of drug-likeness (QED) is 0.662. The second kappa shape index (κ2) is 4.98. The van der Waals surface area contributed by atoms with Gasteiger partial charge in [0.25, 0.3) is 0 Å². The number of aryl methyl sites for hydroxylation is 1. The van der Waals surface area contributed by atoms with Gasteiger partial charge < -0.3 is 10.3 Å². The van der Waals surface area contributed by atoms with E-state index in [0.29, 0.717) is 5.95 Å². The second-order valence-corrected chi connectivity index (χ2v) is 2.55. The topological polar surface area (TPSA) is 43.8 Å². The number of nitrogen functional groups attached to an aromatic ring is 1. The largest absolute Gasteiger partial charge is 0.369 e. The zero-order valence-corrected chi connectivity index (χ0v) is 7.59. The normalized spacial score (nSPS) is 8.69. The van der Waals surface area contributed by atoms with Gasteiger partial charge in [-0.2, -0.15) is 0 Å². The lowest BCUT2D eigenvalue weighted by Gasteiger charge is -1.87. The second-order valence-electron chi connectivity index (χ2n) is 2.55. The van der Waals surface area contributed by atoms with Crippen LogP contribution in [0.15, 0.2) is 48.8 Å². The number of nitrogens with zero attached hydrogens (tertiary/aromatic N) is 2. The third kappa shape index (κ3) is 3.42. The average molecular weight is 175 g/mol. The van der Waals surface area contributed by atoms with E-state index < -0.39 is 0 Å². The summed E-state index contributed by atoms with van der Waals surface area (Å²) in [6.07, 6.45) is 3.46. The van der Waals surface area contributed by atoms with E-state index in [4.69, 9.17) is 5.73 Å². The van der Waals surface area contributed by atoms with Crippen LogP contribution in [0.5, 0.6) is 0 Å². The van der Waals surface area contributed by atoms with Crippen molar-refractivity contribution in [1.82, 2.24) is 9.55 Å². The van der Waals surface area contributed by atoms with E-state index in [-0.39, 0.29) is 0 Å². The number of rotatable bonds is 0. The molecule has 2 N–H and O–H groups in total. The number of imidazole rings is 1. The van der Waals surface area contributed by atoms with Crippen LogP contribution in [0.4, 0.5) is 5.95 Å². The fourth-order valence-corrected chi connectivity index (χ4v) is 0.762. The summed E-state index contributed by atoms with van der Waals surface area (Å²) in [6, 6.07) is 12.0. The number of aromatic nitrogens is 2. The van der Waals surface area contributed by atoms with E-state index in [9.17, 15) is 0 Å². The van der Waals surface area contributed by atoms with Crippen LogP contribution < -0.4 is 5.73 Å². The first-order valence-corrected chi connectivity index (χ1v) is 4.03. The van der Waals surface area contributed by atoms with Gasteiger partial charge in [-0.3, -0.25) is 0 Å². The van der Waals surface area contributed by atoms with Crippen molar-refractivity contribution in [3.63, 3.8) is 0 Å². The predicted octanol–water partition coefficient (Wildman–Crippen LogP) is 1.69. The van der Waals surface area contributed by atoms with Crippen molar-refractivity contribution in [2.24, 2.45) is 7.05 Å². The number of anilines is 1. The van der Waals surface area contributed by atoms with E-state index in [1.165, 1.54) is 0 Å². The molecule has 2 rings (SSSR count). The molecule has 0 atom stereocenters. The van der Waals surface area contributed by atoms with Crippen molar-refractivity contribution in [3.8, 4) is 0 Å². The Morgan fingerprint density at radius 2 is 1.54 bits per heavy atom. The van der Waals surface area contributed by atoms with Crippen LogP contribution in [-0.2, 0) is 7.05 Å². The Hall–Kier alpha value is -1.77. The molecule has 13 heavy (non-hydrogen) atoms. The minimum absolute atomic E-state index is 0.556. The smallest absolute Gasteiger partial charge is 0.199 e. The molecule has 0 spiro atoms. The summed E-state index contributed by atoms with van der Waals surface area (Å²) in [4.78, 5) is 3.76. The maximum Gasteiger partial charge on any atom is 0.199 e. The van der Waals surface area contributed by atoms with Crippen molar-refractivity contribution < 1.29 is 0 Å². The molecule has 0 aliphatic carbocycles. The maximum atomic E-state index is 5.29. The number of hydrogen-bond acceptors (Lipinski definition) is 2. The maximum absolute atomic E-state index is 5.29. The first-order valence-electron chi connectivity index (χ1n) is 4.03. The summed E-state index contributed by atoms with van der Waals surface area (Å²) in [6.45, 7) is 0. The summed E-state index contributed by atoms with van der Waals surface area (Å²) in [7, 11) is 1.85. The van der Waals surface area contributed by atoms with Crippen LogP contribution in [0.25, 0.3) is 0 Å². The molecular weight excluding hydrogens is 162 g/mol. The van der Waals surface area contributed by atoms with Crippen molar-refractivity contribution in [2.75, 3.05) is 5.73 Å². The monoisotopic (exact) mass is 175 g/mol. The Morgan fingerprint density at radius 3 is 1.69 bits per heavy atom. The van der Waals surface area contributed by atoms with Gasteiger partial charge >= 0.3 is 0 Å². The van der Waals surface area contributed by atoms with Gasteiger partial charge in [0.1, 0.15) is 0 Å². The molecular formula is C10H13N3. The van der Waals surface area contributed by atoms with Gasteiger partial charge in [0.2, 0.25) is 0 Å². The average Bonchev–Trinajstić information content (AvgIpc) is 2.55. The first-order chi connectivity index (χ1) is 6.30. The van der Waals surface area contributed by atoms with E-state index >= 15 is 0 Å². The summed E-state index contributed by atoms with van der Waals surface area (Å²) >= 11 is 0. The van der Waals surface area contributed by atoms with Crippen molar-refractivity contribution in [2.45, 2.75) is 0 Å². The van der Waals surface area contributed by atoms with Gasteiger partial charge in [0.15, 0.2) is 5.95 Å². The summed E-state index contributed by atoms with van der Waals surface area (Å²) in [5.74, 6) is 0.556. The lowest BCUT2D eigenvalue weighted by molar-refractivity contribution is 0.930. The van der Waals surface area contributed by atoms with Crippen LogP contribution in [0.3, 0.4) is 0 Å². The molecule has 0 saturated heterocycles. The van der Waals surface area contributed by atoms with Gasteiger partial charge in [0.05, 0.1) is 0 Å². The number of nitrogens with two attached hydrogens (primary N) is 1. The Kier molecular flexibility index (Phi) is 3.57. The van der Waals surface area contributed by atoms with Gasteiger partial charge in [-0.1, -0.05) is 36.4 Å². The van der Waals surface area contributed by atoms with Gasteiger partial charge in [0, 0.05) is 19.4 Å². The zero-order valence-electron chi connectivity index (χ0n) is 7.59. The third-order valence-corrected chi connectivity index (χ3v) is 1.53. The van der Waals surface area contributed by atoms with Gasteiger partial charge in [-0.25, -0.2) is 4.98 Å². The number of benzene rings is 1. The molecule has 68 valence electrons. The molecule has 0 fully saturated rings. The molecule has 1 heterocycles. The van der Waals surface area contributed by atoms with Crippen LogP contribution in [0, 0.1) is 0 Å². The Morgan fingerprint density at radius 1 is 1.08 bits per heavy atom. The third-order valence-electron chi connectivity index (χ3n) is 1.53. The minimum Gasteiger partial charge on any atom is -0.369 e. The zero-order chi connectivity index (χ0) is 9.52. The highest BCUT2D eigenvalue weighted by atomic mass is 15.1. The molecule has 0 amide bonds. The summed E-state index contributed by atoms with van der Waals surface area (Å²) < 4.78 is 1.75. The van der Waals surface area contributed by atoms with Gasteiger partial charge in [-0.15, -0.1) is 0 Å². The first kappa shape index (κ1) is 9.32. The molecule has 2 aromatic rings. The predicted molar refractivity (Wildman–Crippen MR) is 54.1 cm³/mol. The molecule has 0 bridgehead atoms. The highest BCUT2D eigenvalue weighted by molar-refractivity contribution is 5.15. The molecule has 0 radical (unpaired) electrons. The Bertz CT molecular complexity index is 284. The standard InChI is InChI=1S/C6H6.C4H7N3/c1-2-4-6-5-3-1;1-7-3-2-6-4(7)5/h1-6H;2-3H,1H3,(H2,5,6). The Balaban J connectivity index is 0.000000132. The van der Waals surface area contributed by atoms with Crippen molar-refractivity contribution in [3.05, 3.63) is 48.8 Å². The van der Waals surface area contributed by atoms with Crippen LogP contribution in [-0.4, -0.2) is 9.55 Å². The minimum atomic E-state index is 0.556. The fourth-order valence-electron chi connectivity index (χ4n) is 0.762.